The number of carbonyl (C=O) groups excluding carboxylic acids is 2. The number of carbonyl (C=O) groups is 2. The first kappa shape index (κ1) is 25.6. The predicted molar refractivity (Wildman–Crippen MR) is 149 cm³/mol. The minimum Gasteiger partial charge on any atom is -0.436 e. The third kappa shape index (κ3) is 5.43. The number of ether oxygens (including phenoxy) is 1. The first-order valence-corrected chi connectivity index (χ1v) is 13.7. The number of nitrogens with one attached hydrogen (secondary N) is 4. The fourth-order valence-electron chi connectivity index (χ4n) is 5.76. The predicted octanol–water partition coefficient (Wildman–Crippen LogP) is 4.38. The number of hydrogen-bond acceptors (Lipinski definition) is 7. The van der Waals surface area contributed by atoms with Gasteiger partial charge in [0.15, 0.2) is 5.60 Å². The van der Waals surface area contributed by atoms with Crippen LogP contribution < -0.4 is 21.5 Å². The van der Waals surface area contributed by atoms with Gasteiger partial charge in [0.1, 0.15) is 11.9 Å². The van der Waals surface area contributed by atoms with Crippen molar-refractivity contribution in [3.05, 3.63) is 88.6 Å². The van der Waals surface area contributed by atoms with Crippen LogP contribution in [0.1, 0.15) is 42.0 Å². The van der Waals surface area contributed by atoms with E-state index in [2.05, 4.69) is 26.5 Å². The summed E-state index contributed by atoms with van der Waals surface area (Å²) < 4.78 is 5.91. The maximum absolute atomic E-state index is 14.1. The van der Waals surface area contributed by atoms with Crippen LogP contribution in [0.2, 0.25) is 5.02 Å². The molecule has 3 aliphatic rings. The van der Waals surface area contributed by atoms with Gasteiger partial charge in [-0.2, -0.15) is 0 Å². The number of piperidine rings is 1. The van der Waals surface area contributed by atoms with E-state index in [0.29, 0.717) is 42.3 Å². The van der Waals surface area contributed by atoms with Crippen LogP contribution in [0.15, 0.2) is 66.9 Å². The number of nitrogens with zero attached hydrogens (tertiary/aromatic N) is 2. The lowest BCUT2D eigenvalue weighted by molar-refractivity contribution is -0.139. The first-order chi connectivity index (χ1) is 19.0. The van der Waals surface area contributed by atoms with E-state index in [1.165, 1.54) is 0 Å². The highest BCUT2D eigenvalue weighted by Gasteiger charge is 2.47. The SMILES string of the molecule is O=C1Nc2ccc(Cl)cc2[C@@]2(CCCN(C(=O)[C@H](Cc3ccccc3)Nc3ccc(C4CCNN4)cn3)C2)O1. The lowest BCUT2D eigenvalue weighted by Crippen LogP contribution is -2.56. The highest BCUT2D eigenvalue weighted by Crippen LogP contribution is 2.43. The standard InChI is InChI=1S/C29H31ClN6O3/c30-21-8-9-24-22(16-21)29(39-28(38)34-24)12-4-14-36(18-29)27(37)25(15-19-5-2-1-3-6-19)33-26-10-7-20(17-31-26)23-11-13-32-35-23/h1-3,5-10,16-17,23,25,32,35H,4,11-15,18H2,(H,31,33)(H,34,38)/t23?,25-,29-/m0/s1. The van der Waals surface area contributed by atoms with E-state index in [4.69, 9.17) is 16.3 Å². The highest BCUT2D eigenvalue weighted by molar-refractivity contribution is 6.30. The van der Waals surface area contributed by atoms with Gasteiger partial charge in [-0.05, 0) is 54.7 Å². The zero-order valence-corrected chi connectivity index (χ0v) is 22.2. The molecule has 9 nitrogen and oxygen atoms in total. The molecule has 2 amide bonds. The molecule has 2 saturated heterocycles. The summed E-state index contributed by atoms with van der Waals surface area (Å²) >= 11 is 6.32. The Labute approximate surface area is 232 Å². The Bertz CT molecular complexity index is 1350. The van der Waals surface area contributed by atoms with Crippen LogP contribution in [0.4, 0.5) is 16.3 Å². The van der Waals surface area contributed by atoms with Crippen molar-refractivity contribution in [3.8, 4) is 0 Å². The molecule has 3 aliphatic heterocycles. The molecule has 10 heteroatoms. The van der Waals surface area contributed by atoms with Crippen molar-refractivity contribution in [2.75, 3.05) is 30.3 Å². The van der Waals surface area contributed by atoms with E-state index in [9.17, 15) is 9.59 Å². The molecule has 0 bridgehead atoms. The molecule has 6 rings (SSSR count). The number of likely N-dealkylation sites (tertiary alicyclic amines) is 1. The molecule has 4 heterocycles. The van der Waals surface area contributed by atoms with Gasteiger partial charge in [0.05, 0.1) is 12.2 Å². The van der Waals surface area contributed by atoms with Gasteiger partial charge in [0, 0.05) is 42.3 Å². The van der Waals surface area contributed by atoms with E-state index in [1.54, 1.807) is 17.0 Å². The van der Waals surface area contributed by atoms with Gasteiger partial charge in [0.2, 0.25) is 5.91 Å². The van der Waals surface area contributed by atoms with Crippen LogP contribution >= 0.6 is 11.6 Å². The average Bonchev–Trinajstić information content (AvgIpc) is 3.49. The Kier molecular flexibility index (Phi) is 7.12. The van der Waals surface area contributed by atoms with E-state index in [0.717, 1.165) is 29.7 Å². The second kappa shape index (κ2) is 10.8. The number of pyridine rings is 1. The summed E-state index contributed by atoms with van der Waals surface area (Å²) in [5, 5.41) is 6.71. The monoisotopic (exact) mass is 546 g/mol. The normalized spacial score (nSPS) is 23.1. The molecule has 39 heavy (non-hydrogen) atoms. The number of aromatic nitrogens is 1. The molecule has 202 valence electrons. The van der Waals surface area contributed by atoms with Crippen molar-refractivity contribution in [2.24, 2.45) is 0 Å². The first-order valence-electron chi connectivity index (χ1n) is 13.3. The zero-order valence-electron chi connectivity index (χ0n) is 21.5. The highest BCUT2D eigenvalue weighted by atomic mass is 35.5. The Morgan fingerprint density at radius 2 is 2.08 bits per heavy atom. The number of halogens is 1. The summed E-state index contributed by atoms with van der Waals surface area (Å²) in [6.45, 7) is 1.74. The van der Waals surface area contributed by atoms with Crippen molar-refractivity contribution in [1.82, 2.24) is 20.7 Å². The Morgan fingerprint density at radius 3 is 2.85 bits per heavy atom. The van der Waals surface area contributed by atoms with Crippen LogP contribution in [-0.2, 0) is 21.6 Å². The molecule has 3 atom stereocenters. The largest absolute Gasteiger partial charge is 0.436 e. The van der Waals surface area contributed by atoms with Gasteiger partial charge < -0.3 is 15.0 Å². The minimum atomic E-state index is -0.948. The minimum absolute atomic E-state index is 0.0661. The summed E-state index contributed by atoms with van der Waals surface area (Å²) in [4.78, 5) is 33.0. The van der Waals surface area contributed by atoms with Gasteiger partial charge in [0.25, 0.3) is 0 Å². The van der Waals surface area contributed by atoms with Crippen LogP contribution in [0.5, 0.6) is 0 Å². The molecule has 2 fully saturated rings. The Hall–Kier alpha value is -3.66. The van der Waals surface area contributed by atoms with Crippen LogP contribution in [-0.4, -0.2) is 47.6 Å². The number of benzene rings is 2. The summed E-state index contributed by atoms with van der Waals surface area (Å²) in [5.41, 5.74) is 9.05. The van der Waals surface area contributed by atoms with Gasteiger partial charge in [-0.25, -0.2) is 9.78 Å². The molecular weight excluding hydrogens is 516 g/mol. The Morgan fingerprint density at radius 1 is 1.21 bits per heavy atom. The van der Waals surface area contributed by atoms with E-state index < -0.39 is 17.7 Å². The molecule has 0 saturated carbocycles. The lowest BCUT2D eigenvalue weighted by Gasteiger charge is -2.45. The summed E-state index contributed by atoms with van der Waals surface area (Å²) in [7, 11) is 0. The molecule has 1 spiro atoms. The fourth-order valence-corrected chi connectivity index (χ4v) is 5.94. The second-order valence-electron chi connectivity index (χ2n) is 10.3. The maximum atomic E-state index is 14.1. The van der Waals surface area contributed by atoms with Crippen LogP contribution in [0.3, 0.4) is 0 Å². The van der Waals surface area contributed by atoms with Gasteiger partial charge >= 0.3 is 6.09 Å². The van der Waals surface area contributed by atoms with Crippen LogP contribution in [0, 0.1) is 0 Å². The molecule has 0 aliphatic carbocycles. The molecule has 1 unspecified atom stereocenters. The Balaban J connectivity index is 1.26. The maximum Gasteiger partial charge on any atom is 0.412 e. The zero-order chi connectivity index (χ0) is 26.8. The van der Waals surface area contributed by atoms with E-state index >= 15 is 0 Å². The smallest absolute Gasteiger partial charge is 0.412 e. The van der Waals surface area contributed by atoms with Crippen molar-refractivity contribution in [3.63, 3.8) is 0 Å². The van der Waals surface area contributed by atoms with Gasteiger partial charge in [-0.3, -0.25) is 21.0 Å². The number of amides is 2. The second-order valence-corrected chi connectivity index (χ2v) is 10.8. The summed E-state index contributed by atoms with van der Waals surface area (Å²) in [6.07, 6.45) is 4.12. The quantitative estimate of drug-likeness (QED) is 0.363. The topological polar surface area (TPSA) is 108 Å². The summed E-state index contributed by atoms with van der Waals surface area (Å²) in [6, 6.07) is 18.9. The van der Waals surface area contributed by atoms with Crippen molar-refractivity contribution < 1.29 is 14.3 Å². The average molecular weight is 547 g/mol. The lowest BCUT2D eigenvalue weighted by atomic mass is 9.83. The molecular formula is C29H31ClN6O3. The van der Waals surface area contributed by atoms with Crippen molar-refractivity contribution in [1.29, 1.82) is 0 Å². The molecule has 3 aromatic rings. The number of hydrazine groups is 1. The van der Waals surface area contributed by atoms with Crippen LogP contribution in [0.25, 0.3) is 0 Å². The number of hydrogen-bond donors (Lipinski definition) is 4. The number of fused-ring (bicyclic) bond motifs is 2. The number of anilines is 2. The third-order valence-corrected chi connectivity index (χ3v) is 7.92. The molecule has 4 N–H and O–H groups in total. The summed E-state index contributed by atoms with van der Waals surface area (Å²) in [5.74, 6) is 0.569. The molecule has 1 aromatic heterocycles. The number of rotatable bonds is 6. The fraction of sp³-hybridized carbons (Fsp3) is 0.345. The van der Waals surface area contributed by atoms with E-state index in [1.807, 2.05) is 54.7 Å². The van der Waals surface area contributed by atoms with Crippen molar-refractivity contribution in [2.45, 2.75) is 43.4 Å². The van der Waals surface area contributed by atoms with Crippen molar-refractivity contribution >= 4 is 35.1 Å². The third-order valence-electron chi connectivity index (χ3n) is 7.69. The van der Waals surface area contributed by atoms with Gasteiger partial charge in [-0.1, -0.05) is 48.0 Å². The van der Waals surface area contributed by atoms with Gasteiger partial charge in [-0.15, -0.1) is 0 Å². The molecule has 2 aromatic carbocycles. The van der Waals surface area contributed by atoms with E-state index in [-0.39, 0.29) is 18.5 Å². The molecule has 0 radical (unpaired) electrons.